The zero-order valence-electron chi connectivity index (χ0n) is 11.5. The van der Waals surface area contributed by atoms with Crippen molar-refractivity contribution in [1.82, 2.24) is 15.5 Å². The highest BCUT2D eigenvalue weighted by Gasteiger charge is 2.36. The van der Waals surface area contributed by atoms with Crippen LogP contribution in [0.4, 0.5) is 0 Å². The van der Waals surface area contributed by atoms with Gasteiger partial charge < -0.3 is 10.6 Å². The third kappa shape index (κ3) is 3.44. The van der Waals surface area contributed by atoms with E-state index in [0.717, 1.165) is 6.54 Å². The Bertz CT molecular complexity index is 180. The summed E-state index contributed by atoms with van der Waals surface area (Å²) >= 11 is 0. The van der Waals surface area contributed by atoms with Crippen molar-refractivity contribution in [2.24, 2.45) is 0 Å². The van der Waals surface area contributed by atoms with Crippen LogP contribution in [-0.2, 0) is 0 Å². The minimum absolute atomic E-state index is 0.424. The summed E-state index contributed by atoms with van der Waals surface area (Å²) in [6.07, 6.45) is 2.58. The van der Waals surface area contributed by atoms with Gasteiger partial charge >= 0.3 is 0 Å². The zero-order chi connectivity index (χ0) is 12.0. The van der Waals surface area contributed by atoms with E-state index in [1.165, 1.54) is 39.0 Å². The predicted octanol–water partition coefficient (Wildman–Crippen LogP) is 1.45. The molecule has 1 spiro atoms. The molecule has 2 N–H and O–H groups in total. The van der Waals surface area contributed by atoms with Gasteiger partial charge in [-0.1, -0.05) is 13.8 Å². The molecular formula is C13H29N3. The Hall–Kier alpha value is -0.120. The van der Waals surface area contributed by atoms with Crippen LogP contribution in [0.3, 0.4) is 0 Å². The average Bonchev–Trinajstić information content (AvgIpc) is 2.33. The van der Waals surface area contributed by atoms with E-state index >= 15 is 0 Å². The third-order valence-corrected chi connectivity index (χ3v) is 3.70. The number of hydrogen-bond acceptors (Lipinski definition) is 3. The van der Waals surface area contributed by atoms with Crippen molar-refractivity contribution in [3.05, 3.63) is 0 Å². The van der Waals surface area contributed by atoms with Gasteiger partial charge in [0, 0.05) is 31.2 Å². The first kappa shape index (κ1) is 13.9. The van der Waals surface area contributed by atoms with E-state index in [2.05, 4.69) is 29.4 Å². The van der Waals surface area contributed by atoms with E-state index in [1.807, 2.05) is 13.8 Å². The molecule has 0 saturated carbocycles. The normalized spacial score (nSPS) is 25.3. The fraction of sp³-hybridized carbons (Fsp3) is 1.00. The zero-order valence-corrected chi connectivity index (χ0v) is 11.5. The molecule has 2 saturated heterocycles. The Kier molecular flexibility index (Phi) is 5.73. The third-order valence-electron chi connectivity index (χ3n) is 3.70. The molecular weight excluding hydrogens is 198 g/mol. The topological polar surface area (TPSA) is 27.3 Å². The van der Waals surface area contributed by atoms with E-state index in [-0.39, 0.29) is 0 Å². The summed E-state index contributed by atoms with van der Waals surface area (Å²) in [7, 11) is 0. The van der Waals surface area contributed by atoms with Crippen molar-refractivity contribution in [2.45, 2.75) is 52.1 Å². The monoisotopic (exact) mass is 227 g/mol. The van der Waals surface area contributed by atoms with Crippen molar-refractivity contribution in [3.8, 4) is 0 Å². The molecule has 0 aliphatic carbocycles. The first-order valence-electron chi connectivity index (χ1n) is 6.92. The van der Waals surface area contributed by atoms with Gasteiger partial charge in [0.1, 0.15) is 0 Å². The van der Waals surface area contributed by atoms with Gasteiger partial charge in [0.2, 0.25) is 0 Å². The van der Waals surface area contributed by atoms with Gasteiger partial charge in [0.15, 0.2) is 0 Å². The highest BCUT2D eigenvalue weighted by molar-refractivity contribution is 4.98. The summed E-state index contributed by atoms with van der Waals surface area (Å²) in [5, 5.41) is 7.18. The fourth-order valence-corrected chi connectivity index (χ4v) is 2.67. The standard InChI is InChI=1S/C11H23N3.C2H6/c1-10(2)14-8-7-13-11(9-14)3-5-12-6-4-11;1-2/h10,12-13H,3-9H2,1-2H3;1-2H3. The molecule has 0 aromatic rings. The molecule has 2 fully saturated rings. The molecule has 0 amide bonds. The largest absolute Gasteiger partial charge is 0.317 e. The van der Waals surface area contributed by atoms with Crippen LogP contribution in [-0.4, -0.2) is 49.2 Å². The first-order valence-corrected chi connectivity index (χ1v) is 6.92. The van der Waals surface area contributed by atoms with Gasteiger partial charge in [-0.25, -0.2) is 0 Å². The maximum absolute atomic E-state index is 3.74. The number of rotatable bonds is 1. The van der Waals surface area contributed by atoms with E-state index in [0.29, 0.717) is 11.6 Å². The maximum Gasteiger partial charge on any atom is 0.0333 e. The molecule has 0 atom stereocenters. The Labute approximate surface area is 101 Å². The molecule has 0 unspecified atom stereocenters. The van der Waals surface area contributed by atoms with Crippen LogP contribution in [0.1, 0.15) is 40.5 Å². The van der Waals surface area contributed by atoms with Gasteiger partial charge in [-0.2, -0.15) is 0 Å². The minimum Gasteiger partial charge on any atom is -0.317 e. The summed E-state index contributed by atoms with van der Waals surface area (Å²) in [4.78, 5) is 2.61. The molecule has 3 nitrogen and oxygen atoms in total. The van der Waals surface area contributed by atoms with Gasteiger partial charge in [-0.3, -0.25) is 4.90 Å². The van der Waals surface area contributed by atoms with Gasteiger partial charge in [0.25, 0.3) is 0 Å². The second kappa shape index (κ2) is 6.58. The highest BCUT2D eigenvalue weighted by Crippen LogP contribution is 2.23. The fourth-order valence-electron chi connectivity index (χ4n) is 2.67. The van der Waals surface area contributed by atoms with Crippen molar-refractivity contribution >= 4 is 0 Å². The smallest absolute Gasteiger partial charge is 0.0333 e. The van der Waals surface area contributed by atoms with E-state index in [1.54, 1.807) is 0 Å². The number of piperazine rings is 1. The molecule has 2 rings (SSSR count). The molecule has 16 heavy (non-hydrogen) atoms. The second-order valence-electron chi connectivity index (χ2n) is 5.02. The van der Waals surface area contributed by atoms with Crippen LogP contribution in [0.5, 0.6) is 0 Å². The Morgan fingerprint density at radius 3 is 2.25 bits per heavy atom. The Balaban J connectivity index is 0.000000606. The number of nitrogens with zero attached hydrogens (tertiary/aromatic N) is 1. The van der Waals surface area contributed by atoms with Crippen LogP contribution in [0.25, 0.3) is 0 Å². The summed E-state index contributed by atoms with van der Waals surface area (Å²) in [5.74, 6) is 0. The minimum atomic E-state index is 0.424. The average molecular weight is 227 g/mol. The first-order chi connectivity index (χ1) is 7.72. The predicted molar refractivity (Wildman–Crippen MR) is 70.9 cm³/mol. The molecule has 0 aromatic heterocycles. The molecule has 2 heterocycles. The highest BCUT2D eigenvalue weighted by atomic mass is 15.2. The molecule has 0 bridgehead atoms. The lowest BCUT2D eigenvalue weighted by Crippen LogP contribution is -2.64. The van der Waals surface area contributed by atoms with Crippen LogP contribution >= 0.6 is 0 Å². The second-order valence-corrected chi connectivity index (χ2v) is 5.02. The van der Waals surface area contributed by atoms with Gasteiger partial charge in [-0.05, 0) is 39.8 Å². The van der Waals surface area contributed by atoms with Crippen LogP contribution in [0, 0.1) is 0 Å². The molecule has 2 aliphatic heterocycles. The molecule has 2 aliphatic rings. The van der Waals surface area contributed by atoms with Crippen molar-refractivity contribution < 1.29 is 0 Å². The van der Waals surface area contributed by atoms with Gasteiger partial charge in [-0.15, -0.1) is 0 Å². The van der Waals surface area contributed by atoms with E-state index in [4.69, 9.17) is 0 Å². The lowest BCUT2D eigenvalue weighted by molar-refractivity contribution is 0.0830. The van der Waals surface area contributed by atoms with E-state index in [9.17, 15) is 0 Å². The molecule has 3 heteroatoms. The lowest BCUT2D eigenvalue weighted by atomic mass is 9.86. The lowest BCUT2D eigenvalue weighted by Gasteiger charge is -2.47. The molecule has 0 aromatic carbocycles. The number of hydrogen-bond donors (Lipinski definition) is 2. The number of nitrogens with one attached hydrogen (secondary N) is 2. The number of piperidine rings is 1. The maximum atomic E-state index is 3.74. The van der Waals surface area contributed by atoms with E-state index < -0.39 is 0 Å². The summed E-state index contributed by atoms with van der Waals surface area (Å²) < 4.78 is 0. The quantitative estimate of drug-likeness (QED) is 0.710. The Morgan fingerprint density at radius 1 is 1.06 bits per heavy atom. The van der Waals surface area contributed by atoms with Crippen molar-refractivity contribution in [1.29, 1.82) is 0 Å². The van der Waals surface area contributed by atoms with Crippen molar-refractivity contribution in [2.75, 3.05) is 32.7 Å². The molecule has 96 valence electrons. The summed E-state index contributed by atoms with van der Waals surface area (Å²) in [5.41, 5.74) is 0.424. The van der Waals surface area contributed by atoms with Crippen LogP contribution in [0.15, 0.2) is 0 Å². The molecule has 0 radical (unpaired) electrons. The Morgan fingerprint density at radius 2 is 1.69 bits per heavy atom. The van der Waals surface area contributed by atoms with Crippen LogP contribution < -0.4 is 10.6 Å². The van der Waals surface area contributed by atoms with Crippen molar-refractivity contribution in [3.63, 3.8) is 0 Å². The summed E-state index contributed by atoms with van der Waals surface area (Å²) in [6.45, 7) is 14.6. The summed E-state index contributed by atoms with van der Waals surface area (Å²) in [6, 6.07) is 0.698. The SMILES string of the molecule is CC.CC(C)N1CCNC2(CCNCC2)C1. The van der Waals surface area contributed by atoms with Gasteiger partial charge in [0.05, 0.1) is 0 Å². The van der Waals surface area contributed by atoms with Crippen LogP contribution in [0.2, 0.25) is 0 Å².